The van der Waals surface area contributed by atoms with Crippen LogP contribution in [0, 0.1) is 35.2 Å². The van der Waals surface area contributed by atoms with Gasteiger partial charge in [0.05, 0.1) is 33.4 Å². The number of aliphatic hydroxyl groups is 1. The van der Waals surface area contributed by atoms with Gasteiger partial charge < -0.3 is 10.4 Å². The summed E-state index contributed by atoms with van der Waals surface area (Å²) in [4.78, 5) is 18.2. The van der Waals surface area contributed by atoms with Gasteiger partial charge in [0.2, 0.25) is 0 Å². The van der Waals surface area contributed by atoms with Gasteiger partial charge in [-0.2, -0.15) is 5.06 Å². The predicted molar refractivity (Wildman–Crippen MR) is 145 cm³/mol. The highest BCUT2D eigenvalue weighted by molar-refractivity contribution is 7.92. The lowest BCUT2D eigenvalue weighted by Gasteiger charge is -2.40. The lowest BCUT2D eigenvalue weighted by molar-refractivity contribution is -0.163. The number of carbonyl (C=O) groups excluding carboxylic acids is 1. The molecular weight excluding hydrogens is 569 g/mol. The van der Waals surface area contributed by atoms with Gasteiger partial charge in [-0.05, 0) is 55.7 Å². The molecule has 1 aliphatic heterocycles. The number of nitrogens with zero attached hydrogens (tertiary/aromatic N) is 1. The average molecular weight is 603 g/mol. The molecule has 4 unspecified atom stereocenters. The van der Waals surface area contributed by atoms with E-state index in [9.17, 15) is 31.5 Å². The standard InChI is InChI=1S/C28H34ClF3N2O5S/c1-5-28(36,26-16(3)14-39-34(26)4)13-18-7-6-15(2)25(18)40(37,38)23-10-17(8-9-20(23)29)27(35)33-19-11-21(30)24(32)22(31)12-19/h8-12,15-16,18,25-26,36H,5-7,13-14H2,1-4H3,(H,33,35)/t15?,16?,18-,25?,26?,28-/m0/s1. The largest absolute Gasteiger partial charge is 0.388 e. The highest BCUT2D eigenvalue weighted by atomic mass is 35.5. The molecule has 0 radical (unpaired) electrons. The minimum absolute atomic E-state index is 0.0523. The molecule has 40 heavy (non-hydrogen) atoms. The fourth-order valence-electron chi connectivity index (χ4n) is 6.45. The number of carbonyl (C=O) groups is 1. The van der Waals surface area contributed by atoms with Crippen LogP contribution in [-0.2, 0) is 14.7 Å². The van der Waals surface area contributed by atoms with E-state index in [4.69, 9.17) is 16.4 Å². The van der Waals surface area contributed by atoms with E-state index in [-0.39, 0.29) is 51.4 Å². The maximum Gasteiger partial charge on any atom is 0.255 e. The van der Waals surface area contributed by atoms with Gasteiger partial charge in [0.25, 0.3) is 5.91 Å². The van der Waals surface area contributed by atoms with Crippen molar-refractivity contribution in [1.29, 1.82) is 0 Å². The number of amides is 1. The zero-order chi connectivity index (χ0) is 29.6. The smallest absolute Gasteiger partial charge is 0.255 e. The third-order valence-electron chi connectivity index (χ3n) is 8.37. The maximum absolute atomic E-state index is 14.1. The average Bonchev–Trinajstić information content (AvgIpc) is 3.43. The molecule has 2 N–H and O–H groups in total. The molecule has 1 aliphatic carbocycles. The molecule has 1 amide bonds. The van der Waals surface area contributed by atoms with E-state index in [1.807, 2.05) is 20.8 Å². The molecule has 1 saturated carbocycles. The molecule has 7 nitrogen and oxygen atoms in total. The summed E-state index contributed by atoms with van der Waals surface area (Å²) in [5.74, 6) is -6.03. The van der Waals surface area contributed by atoms with Crippen molar-refractivity contribution < 1.29 is 36.3 Å². The predicted octanol–water partition coefficient (Wildman–Crippen LogP) is 5.61. The highest BCUT2D eigenvalue weighted by Crippen LogP contribution is 2.46. The number of sulfone groups is 1. The van der Waals surface area contributed by atoms with Crippen molar-refractivity contribution >= 4 is 33.0 Å². The van der Waals surface area contributed by atoms with Gasteiger partial charge in [0, 0.05) is 36.3 Å². The number of anilines is 1. The summed E-state index contributed by atoms with van der Waals surface area (Å²) >= 11 is 6.36. The minimum atomic E-state index is -4.08. The monoisotopic (exact) mass is 602 g/mol. The van der Waals surface area contributed by atoms with Crippen molar-refractivity contribution in [3.05, 3.63) is 58.4 Å². The first-order chi connectivity index (χ1) is 18.7. The number of likely N-dealkylation sites (N-methyl/N-ethyl adjacent to an activating group) is 1. The fourth-order valence-corrected chi connectivity index (χ4v) is 9.30. The van der Waals surface area contributed by atoms with Gasteiger partial charge in [-0.1, -0.05) is 32.4 Å². The number of hydrogen-bond donors (Lipinski definition) is 2. The molecule has 0 aromatic heterocycles. The topological polar surface area (TPSA) is 95.9 Å². The Kier molecular flexibility index (Phi) is 8.92. The van der Waals surface area contributed by atoms with E-state index in [1.165, 1.54) is 12.1 Å². The summed E-state index contributed by atoms with van der Waals surface area (Å²) in [5.41, 5.74) is -1.63. The highest BCUT2D eigenvalue weighted by Gasteiger charge is 2.51. The molecule has 2 aromatic carbocycles. The molecule has 2 aromatic rings. The molecular formula is C28H34ClF3N2O5S. The van der Waals surface area contributed by atoms with Crippen molar-refractivity contribution in [1.82, 2.24) is 5.06 Å². The zero-order valence-electron chi connectivity index (χ0n) is 22.8. The van der Waals surface area contributed by atoms with Gasteiger partial charge in [-0.25, -0.2) is 21.6 Å². The first-order valence-electron chi connectivity index (χ1n) is 13.3. The number of nitrogens with one attached hydrogen (secondary N) is 1. The van der Waals surface area contributed by atoms with E-state index in [0.29, 0.717) is 38.0 Å². The zero-order valence-corrected chi connectivity index (χ0v) is 24.3. The van der Waals surface area contributed by atoms with Crippen LogP contribution in [0.3, 0.4) is 0 Å². The Morgan fingerprint density at radius 3 is 2.38 bits per heavy atom. The van der Waals surface area contributed by atoms with Crippen molar-refractivity contribution in [2.75, 3.05) is 19.0 Å². The molecule has 12 heteroatoms. The Morgan fingerprint density at radius 2 is 1.80 bits per heavy atom. The minimum Gasteiger partial charge on any atom is -0.388 e. The van der Waals surface area contributed by atoms with Crippen LogP contribution in [0.15, 0.2) is 35.2 Å². The van der Waals surface area contributed by atoms with E-state index < -0.39 is 44.0 Å². The molecule has 2 fully saturated rings. The quantitative estimate of drug-likeness (QED) is 0.381. The first kappa shape index (κ1) is 30.8. The van der Waals surface area contributed by atoms with Gasteiger partial charge in [0.15, 0.2) is 27.3 Å². The van der Waals surface area contributed by atoms with Crippen LogP contribution in [0.1, 0.15) is 56.8 Å². The molecule has 4 rings (SSSR count). The van der Waals surface area contributed by atoms with Gasteiger partial charge in [0.1, 0.15) is 0 Å². The Labute approximate surface area is 237 Å². The maximum atomic E-state index is 14.1. The third kappa shape index (κ3) is 5.76. The van der Waals surface area contributed by atoms with Crippen molar-refractivity contribution in [2.45, 2.75) is 68.2 Å². The van der Waals surface area contributed by atoms with E-state index in [1.54, 1.807) is 12.1 Å². The third-order valence-corrected chi connectivity index (χ3v) is 11.3. The van der Waals surface area contributed by atoms with Crippen LogP contribution >= 0.6 is 11.6 Å². The Bertz CT molecular complexity index is 1360. The Balaban J connectivity index is 1.63. The number of rotatable bonds is 8. The summed E-state index contributed by atoms with van der Waals surface area (Å²) in [6.07, 6.45) is 1.90. The number of hydrogen-bond acceptors (Lipinski definition) is 6. The van der Waals surface area contributed by atoms with Crippen LogP contribution < -0.4 is 5.32 Å². The van der Waals surface area contributed by atoms with Gasteiger partial charge in [-0.3, -0.25) is 9.63 Å². The first-order valence-corrected chi connectivity index (χ1v) is 15.2. The number of halogens is 4. The second kappa shape index (κ2) is 11.6. The summed E-state index contributed by atoms with van der Waals surface area (Å²) in [7, 11) is -2.32. The van der Waals surface area contributed by atoms with Crippen LogP contribution in [-0.4, -0.2) is 55.0 Å². The lowest BCUT2D eigenvalue weighted by atomic mass is 9.77. The molecule has 2 aliphatic rings. The Morgan fingerprint density at radius 1 is 1.15 bits per heavy atom. The van der Waals surface area contributed by atoms with Crippen LogP contribution in [0.2, 0.25) is 5.02 Å². The molecule has 1 saturated heterocycles. The lowest BCUT2D eigenvalue weighted by Crippen LogP contribution is -2.52. The van der Waals surface area contributed by atoms with Crippen molar-refractivity contribution in [2.24, 2.45) is 17.8 Å². The summed E-state index contributed by atoms with van der Waals surface area (Å²) < 4.78 is 68.7. The van der Waals surface area contributed by atoms with E-state index >= 15 is 0 Å². The Hall–Kier alpha value is -2.18. The van der Waals surface area contributed by atoms with Crippen molar-refractivity contribution in [3.63, 3.8) is 0 Å². The normalized spacial score (nSPS) is 27.1. The van der Waals surface area contributed by atoms with Gasteiger partial charge >= 0.3 is 0 Å². The summed E-state index contributed by atoms with van der Waals surface area (Å²) in [5, 5.41) is 14.7. The molecule has 6 atom stereocenters. The second-order valence-corrected chi connectivity index (χ2v) is 13.6. The fraction of sp³-hybridized carbons (Fsp3) is 0.536. The van der Waals surface area contributed by atoms with E-state index in [0.717, 1.165) is 6.07 Å². The SMILES string of the molecule is CC[C@](O)(C[C@@H]1CCC(C)C1S(=O)(=O)c1cc(C(=O)Nc2cc(F)c(F)c(F)c2)ccc1Cl)C1C(C)CON1C. The molecule has 0 bridgehead atoms. The number of benzene rings is 2. The van der Waals surface area contributed by atoms with Gasteiger partial charge in [-0.15, -0.1) is 0 Å². The number of hydroxylamine groups is 2. The molecule has 0 spiro atoms. The molecule has 220 valence electrons. The molecule has 1 heterocycles. The van der Waals surface area contributed by atoms with Crippen molar-refractivity contribution in [3.8, 4) is 0 Å². The summed E-state index contributed by atoms with van der Waals surface area (Å²) in [6.45, 7) is 6.18. The van der Waals surface area contributed by atoms with Crippen LogP contribution in [0.5, 0.6) is 0 Å². The van der Waals surface area contributed by atoms with Crippen LogP contribution in [0.25, 0.3) is 0 Å². The van der Waals surface area contributed by atoms with Crippen LogP contribution in [0.4, 0.5) is 18.9 Å². The second-order valence-electron chi connectivity index (χ2n) is 11.1. The summed E-state index contributed by atoms with van der Waals surface area (Å²) in [6, 6.07) is 4.65. The van der Waals surface area contributed by atoms with E-state index in [2.05, 4.69) is 5.32 Å².